The third kappa shape index (κ3) is 3.68. The predicted octanol–water partition coefficient (Wildman–Crippen LogP) is 3.00. The molecule has 0 bridgehead atoms. The number of anilines is 1. The van der Waals surface area contributed by atoms with E-state index in [-0.39, 0.29) is 11.9 Å². The third-order valence-corrected chi connectivity index (χ3v) is 3.38. The molecule has 0 saturated carbocycles. The first-order valence-electron chi connectivity index (χ1n) is 6.78. The topological polar surface area (TPSA) is 32.3 Å². The van der Waals surface area contributed by atoms with Gasteiger partial charge in [0, 0.05) is 18.8 Å². The lowest BCUT2D eigenvalue weighted by Gasteiger charge is -2.20. The van der Waals surface area contributed by atoms with E-state index in [1.165, 1.54) is 5.56 Å². The monoisotopic (exact) mass is 268 g/mol. The highest BCUT2D eigenvalue weighted by molar-refractivity contribution is 5.94. The molecule has 1 atom stereocenters. The Balaban J connectivity index is 1.89. The van der Waals surface area contributed by atoms with Crippen LogP contribution in [0.25, 0.3) is 0 Å². The molecule has 1 amide bonds. The first kappa shape index (κ1) is 14.3. The van der Waals surface area contributed by atoms with Crippen LogP contribution in [-0.2, 0) is 4.79 Å². The highest BCUT2D eigenvalue weighted by Gasteiger charge is 2.12. The van der Waals surface area contributed by atoms with Crippen LogP contribution in [0.15, 0.2) is 60.7 Å². The van der Waals surface area contributed by atoms with Gasteiger partial charge in [0.1, 0.15) is 0 Å². The number of benzene rings is 2. The molecule has 3 nitrogen and oxygen atoms in total. The van der Waals surface area contributed by atoms with Gasteiger partial charge in [0.2, 0.25) is 5.91 Å². The van der Waals surface area contributed by atoms with Crippen molar-refractivity contribution in [1.82, 2.24) is 5.32 Å². The molecular formula is C17H20N2O. The number of rotatable bonds is 5. The minimum absolute atomic E-state index is 0.0546. The van der Waals surface area contributed by atoms with Crippen LogP contribution in [0.3, 0.4) is 0 Å². The summed E-state index contributed by atoms with van der Waals surface area (Å²) in [4.78, 5) is 13.8. The standard InChI is InChI=1S/C17H20N2O/c1-14(15-9-5-3-6-10-15)18-13-17(20)19(2)16-11-7-4-8-12-16/h3-12,14,18H,13H2,1-2H3. The van der Waals surface area contributed by atoms with Gasteiger partial charge in [0.05, 0.1) is 6.54 Å². The molecule has 0 heterocycles. The molecule has 0 saturated heterocycles. The Morgan fingerprint density at radius 1 is 1.05 bits per heavy atom. The van der Waals surface area contributed by atoms with Gasteiger partial charge < -0.3 is 10.2 Å². The van der Waals surface area contributed by atoms with Gasteiger partial charge in [0.25, 0.3) is 0 Å². The van der Waals surface area contributed by atoms with Gasteiger partial charge in [-0.25, -0.2) is 0 Å². The summed E-state index contributed by atoms with van der Waals surface area (Å²) >= 11 is 0. The van der Waals surface area contributed by atoms with Crippen LogP contribution in [-0.4, -0.2) is 19.5 Å². The van der Waals surface area contributed by atoms with Crippen molar-refractivity contribution < 1.29 is 4.79 Å². The lowest BCUT2D eigenvalue weighted by atomic mass is 10.1. The summed E-state index contributed by atoms with van der Waals surface area (Å²) in [5, 5.41) is 3.26. The predicted molar refractivity (Wildman–Crippen MR) is 82.7 cm³/mol. The fourth-order valence-electron chi connectivity index (χ4n) is 2.01. The quantitative estimate of drug-likeness (QED) is 0.904. The van der Waals surface area contributed by atoms with Crippen LogP contribution in [0.5, 0.6) is 0 Å². The van der Waals surface area contributed by atoms with Crippen LogP contribution >= 0.6 is 0 Å². The van der Waals surface area contributed by atoms with E-state index in [0.29, 0.717) is 6.54 Å². The zero-order valence-electron chi connectivity index (χ0n) is 11.9. The highest BCUT2D eigenvalue weighted by Crippen LogP contribution is 2.13. The van der Waals surface area contributed by atoms with Crippen molar-refractivity contribution in [3.8, 4) is 0 Å². The Morgan fingerprint density at radius 3 is 2.20 bits per heavy atom. The summed E-state index contributed by atoms with van der Waals surface area (Å²) in [5.74, 6) is 0.0546. The molecule has 0 radical (unpaired) electrons. The van der Waals surface area contributed by atoms with E-state index in [2.05, 4.69) is 24.4 Å². The number of likely N-dealkylation sites (N-methyl/N-ethyl adjacent to an activating group) is 1. The van der Waals surface area contributed by atoms with Gasteiger partial charge in [-0.15, -0.1) is 0 Å². The first-order chi connectivity index (χ1) is 9.68. The molecule has 20 heavy (non-hydrogen) atoms. The largest absolute Gasteiger partial charge is 0.314 e. The number of nitrogens with zero attached hydrogens (tertiary/aromatic N) is 1. The van der Waals surface area contributed by atoms with Gasteiger partial charge in [-0.1, -0.05) is 48.5 Å². The summed E-state index contributed by atoms with van der Waals surface area (Å²) in [6, 6.07) is 19.9. The van der Waals surface area contributed by atoms with E-state index in [1.807, 2.05) is 48.5 Å². The van der Waals surface area contributed by atoms with Gasteiger partial charge in [-0.3, -0.25) is 4.79 Å². The maximum atomic E-state index is 12.1. The minimum Gasteiger partial charge on any atom is -0.314 e. The van der Waals surface area contributed by atoms with Gasteiger partial charge in [-0.2, -0.15) is 0 Å². The zero-order chi connectivity index (χ0) is 14.4. The number of hydrogen-bond donors (Lipinski definition) is 1. The Bertz CT molecular complexity index is 539. The van der Waals surface area contributed by atoms with Gasteiger partial charge in [0.15, 0.2) is 0 Å². The Hall–Kier alpha value is -2.13. The SMILES string of the molecule is CC(NCC(=O)N(C)c1ccccc1)c1ccccc1. The third-order valence-electron chi connectivity index (χ3n) is 3.38. The molecule has 0 fully saturated rings. The lowest BCUT2D eigenvalue weighted by Crippen LogP contribution is -2.36. The molecule has 1 unspecified atom stereocenters. The molecule has 104 valence electrons. The van der Waals surface area contributed by atoms with E-state index >= 15 is 0 Å². The van der Waals surface area contributed by atoms with E-state index in [9.17, 15) is 4.79 Å². The fraction of sp³-hybridized carbons (Fsp3) is 0.235. The van der Waals surface area contributed by atoms with E-state index in [4.69, 9.17) is 0 Å². The summed E-state index contributed by atoms with van der Waals surface area (Å²) in [6.07, 6.45) is 0. The van der Waals surface area contributed by atoms with Crippen LogP contribution in [0.2, 0.25) is 0 Å². The second kappa shape index (κ2) is 6.87. The molecule has 1 N–H and O–H groups in total. The van der Waals surface area contributed by atoms with Crippen molar-refractivity contribution >= 4 is 11.6 Å². The summed E-state index contributed by atoms with van der Waals surface area (Å²) in [5.41, 5.74) is 2.09. The second-order valence-electron chi connectivity index (χ2n) is 4.80. The molecule has 0 spiro atoms. The van der Waals surface area contributed by atoms with Crippen LogP contribution in [0, 0.1) is 0 Å². The molecule has 0 aromatic heterocycles. The van der Waals surface area contributed by atoms with Crippen LogP contribution in [0.1, 0.15) is 18.5 Å². The molecule has 2 aromatic rings. The first-order valence-corrected chi connectivity index (χ1v) is 6.78. The van der Waals surface area contributed by atoms with Crippen molar-refractivity contribution in [2.45, 2.75) is 13.0 Å². The van der Waals surface area contributed by atoms with Crippen molar-refractivity contribution in [1.29, 1.82) is 0 Å². The molecular weight excluding hydrogens is 248 g/mol. The molecule has 0 aliphatic carbocycles. The Kier molecular flexibility index (Phi) is 4.91. The second-order valence-corrected chi connectivity index (χ2v) is 4.80. The van der Waals surface area contributed by atoms with E-state index in [1.54, 1.807) is 11.9 Å². The van der Waals surface area contributed by atoms with Gasteiger partial charge >= 0.3 is 0 Å². The van der Waals surface area contributed by atoms with E-state index < -0.39 is 0 Å². The number of carbonyl (C=O) groups excluding carboxylic acids is 1. The summed E-state index contributed by atoms with van der Waals surface area (Å²) in [6.45, 7) is 2.38. The average molecular weight is 268 g/mol. The molecule has 0 aliphatic rings. The highest BCUT2D eigenvalue weighted by atomic mass is 16.2. The molecule has 2 aromatic carbocycles. The smallest absolute Gasteiger partial charge is 0.240 e. The number of para-hydroxylation sites is 1. The number of amides is 1. The van der Waals surface area contributed by atoms with Crippen molar-refractivity contribution in [2.75, 3.05) is 18.5 Å². The average Bonchev–Trinajstić information content (AvgIpc) is 2.53. The van der Waals surface area contributed by atoms with Crippen molar-refractivity contribution in [3.63, 3.8) is 0 Å². The normalized spacial score (nSPS) is 11.9. The van der Waals surface area contributed by atoms with Crippen molar-refractivity contribution in [3.05, 3.63) is 66.2 Å². The summed E-state index contributed by atoms with van der Waals surface area (Å²) < 4.78 is 0. The minimum atomic E-state index is 0.0546. The number of carbonyl (C=O) groups is 1. The van der Waals surface area contributed by atoms with E-state index in [0.717, 1.165) is 5.69 Å². The summed E-state index contributed by atoms with van der Waals surface area (Å²) in [7, 11) is 1.80. The molecule has 0 aliphatic heterocycles. The maximum absolute atomic E-state index is 12.1. The van der Waals surface area contributed by atoms with Crippen LogP contribution in [0.4, 0.5) is 5.69 Å². The molecule has 2 rings (SSSR count). The Morgan fingerprint density at radius 2 is 1.60 bits per heavy atom. The number of hydrogen-bond acceptors (Lipinski definition) is 2. The van der Waals surface area contributed by atoms with Crippen LogP contribution < -0.4 is 10.2 Å². The van der Waals surface area contributed by atoms with Crippen molar-refractivity contribution in [2.24, 2.45) is 0 Å². The number of nitrogens with one attached hydrogen (secondary N) is 1. The Labute approximate surface area is 120 Å². The maximum Gasteiger partial charge on any atom is 0.240 e. The fourth-order valence-corrected chi connectivity index (χ4v) is 2.01. The lowest BCUT2D eigenvalue weighted by molar-refractivity contribution is -0.117. The van der Waals surface area contributed by atoms with Gasteiger partial charge in [-0.05, 0) is 24.6 Å². The molecule has 3 heteroatoms. The zero-order valence-corrected chi connectivity index (χ0v) is 11.9.